The number of aromatic nitrogens is 1. The van der Waals surface area contributed by atoms with Crippen LogP contribution in [0.25, 0.3) is 6.08 Å². The Morgan fingerprint density at radius 3 is 2.73 bits per heavy atom. The summed E-state index contributed by atoms with van der Waals surface area (Å²) in [6.07, 6.45) is 3.37. The topological polar surface area (TPSA) is 64.9 Å². The van der Waals surface area contributed by atoms with Crippen molar-refractivity contribution in [1.29, 1.82) is 0 Å². The molecule has 1 aromatic heterocycles. The number of pyridine rings is 1. The normalized spacial score (nSPS) is 9.55. The van der Waals surface area contributed by atoms with Gasteiger partial charge in [-0.3, -0.25) is 0 Å². The summed E-state index contributed by atoms with van der Waals surface area (Å²) < 4.78 is 0. The van der Waals surface area contributed by atoms with E-state index in [0.717, 1.165) is 11.1 Å². The van der Waals surface area contributed by atoms with Gasteiger partial charge >= 0.3 is 0 Å². The highest BCUT2D eigenvalue weighted by Gasteiger charge is 2.02. The number of nitrogens with zero attached hydrogens (tertiary/aromatic N) is 1. The molecule has 0 fully saturated rings. The summed E-state index contributed by atoms with van der Waals surface area (Å²) in [5, 5.41) is 0. The van der Waals surface area contributed by atoms with E-state index < -0.39 is 0 Å². The van der Waals surface area contributed by atoms with Crippen LogP contribution in [0, 0.1) is 6.92 Å². The largest absolute Gasteiger partial charge is 0.396 e. The third-order valence-electron chi connectivity index (χ3n) is 1.68. The van der Waals surface area contributed by atoms with Gasteiger partial charge < -0.3 is 11.5 Å². The molecule has 1 aromatic rings. The van der Waals surface area contributed by atoms with Crippen molar-refractivity contribution >= 4 is 17.6 Å². The Morgan fingerprint density at radius 1 is 1.55 bits per heavy atom. The molecule has 0 bridgehead atoms. The van der Waals surface area contributed by atoms with E-state index in [-0.39, 0.29) is 0 Å². The first kappa shape index (κ1) is 7.60. The predicted octanol–water partition coefficient (Wildman–Crippen LogP) is 1.20. The van der Waals surface area contributed by atoms with Crippen molar-refractivity contribution in [3.05, 3.63) is 23.9 Å². The molecule has 0 saturated heterocycles. The highest BCUT2D eigenvalue weighted by atomic mass is 14.9. The van der Waals surface area contributed by atoms with Gasteiger partial charge in [-0.1, -0.05) is 12.7 Å². The fraction of sp³-hybridized carbons (Fsp3) is 0.125. The predicted molar refractivity (Wildman–Crippen MR) is 47.9 cm³/mol. The van der Waals surface area contributed by atoms with E-state index in [4.69, 9.17) is 11.5 Å². The second kappa shape index (κ2) is 2.62. The van der Waals surface area contributed by atoms with E-state index in [1.807, 2.05) is 6.92 Å². The zero-order valence-electron chi connectivity index (χ0n) is 6.46. The highest BCUT2D eigenvalue weighted by Crippen LogP contribution is 2.20. The van der Waals surface area contributed by atoms with Gasteiger partial charge in [0.2, 0.25) is 0 Å². The summed E-state index contributed by atoms with van der Waals surface area (Å²) in [5.74, 6) is 0.383. The number of nitrogens with two attached hydrogens (primary N) is 2. The van der Waals surface area contributed by atoms with Gasteiger partial charge in [-0.05, 0) is 18.1 Å². The van der Waals surface area contributed by atoms with Crippen molar-refractivity contribution < 1.29 is 0 Å². The molecule has 58 valence electrons. The molecule has 3 heteroatoms. The molecule has 0 amide bonds. The second-order valence-corrected chi connectivity index (χ2v) is 2.34. The first-order valence-corrected chi connectivity index (χ1v) is 3.29. The highest BCUT2D eigenvalue weighted by molar-refractivity contribution is 5.69. The molecule has 0 saturated carbocycles. The summed E-state index contributed by atoms with van der Waals surface area (Å²) in [4.78, 5) is 3.89. The first-order valence-electron chi connectivity index (χ1n) is 3.29. The van der Waals surface area contributed by atoms with E-state index >= 15 is 0 Å². The molecule has 0 spiro atoms. The molecule has 0 radical (unpaired) electrons. The van der Waals surface area contributed by atoms with Crippen molar-refractivity contribution in [1.82, 2.24) is 4.98 Å². The van der Waals surface area contributed by atoms with Crippen LogP contribution in [-0.2, 0) is 0 Å². The van der Waals surface area contributed by atoms with Crippen molar-refractivity contribution in [2.45, 2.75) is 6.92 Å². The fourth-order valence-electron chi connectivity index (χ4n) is 0.859. The van der Waals surface area contributed by atoms with Crippen molar-refractivity contribution in [2.75, 3.05) is 11.5 Å². The maximum Gasteiger partial charge on any atom is 0.146 e. The van der Waals surface area contributed by atoms with Crippen LogP contribution in [0.3, 0.4) is 0 Å². The Morgan fingerprint density at radius 2 is 2.18 bits per heavy atom. The Labute approximate surface area is 65.7 Å². The second-order valence-electron chi connectivity index (χ2n) is 2.34. The zero-order chi connectivity index (χ0) is 8.43. The van der Waals surface area contributed by atoms with Crippen molar-refractivity contribution in [3.8, 4) is 0 Å². The number of hydrogen-bond donors (Lipinski definition) is 2. The van der Waals surface area contributed by atoms with Crippen LogP contribution in [0.5, 0.6) is 0 Å². The summed E-state index contributed by atoms with van der Waals surface area (Å²) >= 11 is 0. The SMILES string of the molecule is C=Cc1cnc(N)c(N)c1C. The maximum atomic E-state index is 5.62. The van der Waals surface area contributed by atoms with Gasteiger partial charge in [0.05, 0.1) is 5.69 Å². The molecule has 0 aliphatic carbocycles. The van der Waals surface area contributed by atoms with Gasteiger partial charge in [-0.25, -0.2) is 4.98 Å². The number of anilines is 2. The summed E-state index contributed by atoms with van der Waals surface area (Å²) in [7, 11) is 0. The summed E-state index contributed by atoms with van der Waals surface area (Å²) in [6.45, 7) is 5.52. The van der Waals surface area contributed by atoms with Crippen LogP contribution < -0.4 is 11.5 Å². The molecular formula is C8H11N3. The van der Waals surface area contributed by atoms with Crippen LogP contribution in [0.2, 0.25) is 0 Å². The molecule has 1 rings (SSSR count). The zero-order valence-corrected chi connectivity index (χ0v) is 6.46. The Balaban J connectivity index is 3.36. The molecule has 0 unspecified atom stereocenters. The number of hydrogen-bond acceptors (Lipinski definition) is 3. The summed E-state index contributed by atoms with van der Waals surface area (Å²) in [5.41, 5.74) is 13.5. The lowest BCUT2D eigenvalue weighted by atomic mass is 10.1. The van der Waals surface area contributed by atoms with Crippen LogP contribution in [0.15, 0.2) is 12.8 Å². The van der Waals surface area contributed by atoms with Crippen molar-refractivity contribution in [2.24, 2.45) is 0 Å². The molecule has 3 nitrogen and oxygen atoms in total. The fourth-order valence-corrected chi connectivity index (χ4v) is 0.859. The maximum absolute atomic E-state index is 5.62. The van der Waals surface area contributed by atoms with Gasteiger partial charge in [-0.2, -0.15) is 0 Å². The van der Waals surface area contributed by atoms with Crippen LogP contribution >= 0.6 is 0 Å². The quantitative estimate of drug-likeness (QED) is 0.630. The Bertz CT molecular complexity index is 292. The molecule has 1 heterocycles. The van der Waals surface area contributed by atoms with E-state index in [2.05, 4.69) is 11.6 Å². The van der Waals surface area contributed by atoms with E-state index in [1.165, 1.54) is 0 Å². The monoisotopic (exact) mass is 149 g/mol. The Hall–Kier alpha value is -1.51. The average Bonchev–Trinajstić information content (AvgIpc) is 2.01. The third kappa shape index (κ3) is 1.17. The number of nitrogen functional groups attached to an aromatic ring is 2. The van der Waals surface area contributed by atoms with Gasteiger partial charge in [0.15, 0.2) is 0 Å². The smallest absolute Gasteiger partial charge is 0.146 e. The van der Waals surface area contributed by atoms with Gasteiger partial charge in [-0.15, -0.1) is 0 Å². The summed E-state index contributed by atoms with van der Waals surface area (Å²) in [6, 6.07) is 0. The van der Waals surface area contributed by atoms with Gasteiger partial charge in [0.25, 0.3) is 0 Å². The molecule has 0 aromatic carbocycles. The molecule has 0 aliphatic heterocycles. The van der Waals surface area contributed by atoms with E-state index in [0.29, 0.717) is 11.5 Å². The molecule has 0 aliphatic rings. The average molecular weight is 149 g/mol. The lowest BCUT2D eigenvalue weighted by Gasteiger charge is -2.05. The van der Waals surface area contributed by atoms with Gasteiger partial charge in [0.1, 0.15) is 5.82 Å². The third-order valence-corrected chi connectivity index (χ3v) is 1.68. The minimum Gasteiger partial charge on any atom is -0.396 e. The minimum absolute atomic E-state index is 0.383. The van der Waals surface area contributed by atoms with E-state index in [1.54, 1.807) is 12.3 Å². The molecule has 4 N–H and O–H groups in total. The van der Waals surface area contributed by atoms with E-state index in [9.17, 15) is 0 Å². The Kier molecular flexibility index (Phi) is 1.81. The van der Waals surface area contributed by atoms with Crippen molar-refractivity contribution in [3.63, 3.8) is 0 Å². The molecular weight excluding hydrogens is 138 g/mol. The van der Waals surface area contributed by atoms with Gasteiger partial charge in [0, 0.05) is 6.20 Å². The lowest BCUT2D eigenvalue weighted by molar-refractivity contribution is 1.28. The van der Waals surface area contributed by atoms with Crippen LogP contribution in [-0.4, -0.2) is 4.98 Å². The minimum atomic E-state index is 0.383. The number of rotatable bonds is 1. The molecule has 0 atom stereocenters. The lowest BCUT2D eigenvalue weighted by Crippen LogP contribution is -2.01. The van der Waals surface area contributed by atoms with Crippen LogP contribution in [0.4, 0.5) is 11.5 Å². The standard InChI is InChI=1S/C8H11N3/c1-3-6-4-11-8(10)7(9)5(6)2/h3-4H,1,9H2,2H3,(H2,10,11). The van der Waals surface area contributed by atoms with Crippen LogP contribution in [0.1, 0.15) is 11.1 Å². The molecule has 11 heavy (non-hydrogen) atoms. The first-order chi connectivity index (χ1) is 5.16.